The number of hydrogen-bond donors (Lipinski definition) is 1. The number of benzene rings is 1. The standard InChI is InChI=1S/C17H27N/c1-7-17(6,12-18-13(2)3)11-16-9-8-14(4)15(5)10-16/h7-10,13,18H,1,11-12H2,2-6H3. The molecule has 0 aliphatic rings. The quantitative estimate of drug-likeness (QED) is 0.746. The average Bonchev–Trinajstić information content (AvgIpc) is 2.31. The summed E-state index contributed by atoms with van der Waals surface area (Å²) in [6, 6.07) is 7.26. The van der Waals surface area contributed by atoms with Crippen LogP contribution in [0.2, 0.25) is 0 Å². The lowest BCUT2D eigenvalue weighted by molar-refractivity contribution is 0.373. The lowest BCUT2D eigenvalue weighted by Gasteiger charge is -2.28. The van der Waals surface area contributed by atoms with Crippen molar-refractivity contribution in [1.29, 1.82) is 0 Å². The molecule has 0 bridgehead atoms. The molecule has 0 heterocycles. The molecule has 0 saturated heterocycles. The summed E-state index contributed by atoms with van der Waals surface area (Å²) in [5.41, 5.74) is 4.24. The first-order valence-electron chi connectivity index (χ1n) is 6.79. The van der Waals surface area contributed by atoms with Crippen LogP contribution in [0.3, 0.4) is 0 Å². The van der Waals surface area contributed by atoms with Crippen LogP contribution in [0.4, 0.5) is 0 Å². The van der Waals surface area contributed by atoms with Gasteiger partial charge in [0.15, 0.2) is 0 Å². The third-order valence-corrected chi connectivity index (χ3v) is 3.59. The van der Waals surface area contributed by atoms with Crippen molar-refractivity contribution in [3.05, 3.63) is 47.5 Å². The van der Waals surface area contributed by atoms with Crippen molar-refractivity contribution < 1.29 is 0 Å². The van der Waals surface area contributed by atoms with E-state index in [-0.39, 0.29) is 5.41 Å². The molecule has 1 nitrogen and oxygen atoms in total. The number of rotatable bonds is 6. The highest BCUT2D eigenvalue weighted by atomic mass is 14.9. The van der Waals surface area contributed by atoms with Crippen molar-refractivity contribution in [2.24, 2.45) is 5.41 Å². The van der Waals surface area contributed by atoms with E-state index in [1.807, 2.05) is 0 Å². The molecule has 1 aromatic carbocycles. The Morgan fingerprint density at radius 3 is 2.44 bits per heavy atom. The molecule has 1 aromatic rings. The molecule has 1 atom stereocenters. The minimum atomic E-state index is 0.117. The summed E-state index contributed by atoms with van der Waals surface area (Å²) in [5, 5.41) is 3.51. The fraction of sp³-hybridized carbons (Fsp3) is 0.529. The maximum absolute atomic E-state index is 4.01. The third-order valence-electron chi connectivity index (χ3n) is 3.59. The second-order valence-corrected chi connectivity index (χ2v) is 5.99. The van der Waals surface area contributed by atoms with Crippen LogP contribution in [0, 0.1) is 19.3 Å². The van der Waals surface area contributed by atoms with Gasteiger partial charge in [0.2, 0.25) is 0 Å². The number of nitrogens with one attached hydrogen (secondary N) is 1. The van der Waals surface area contributed by atoms with Gasteiger partial charge < -0.3 is 5.32 Å². The van der Waals surface area contributed by atoms with E-state index in [1.165, 1.54) is 16.7 Å². The molecule has 0 aliphatic heterocycles. The summed E-state index contributed by atoms with van der Waals surface area (Å²) in [6.07, 6.45) is 3.12. The van der Waals surface area contributed by atoms with Crippen molar-refractivity contribution >= 4 is 0 Å². The number of hydrogen-bond acceptors (Lipinski definition) is 1. The Morgan fingerprint density at radius 2 is 1.94 bits per heavy atom. The van der Waals surface area contributed by atoms with Crippen molar-refractivity contribution in [2.45, 2.75) is 47.1 Å². The lowest BCUT2D eigenvalue weighted by atomic mass is 9.83. The maximum Gasteiger partial charge on any atom is 0.00453 e. The Hall–Kier alpha value is -1.08. The normalized spacial score (nSPS) is 14.6. The molecular formula is C17H27N. The van der Waals surface area contributed by atoms with Crippen molar-refractivity contribution in [3.63, 3.8) is 0 Å². The van der Waals surface area contributed by atoms with Crippen LogP contribution in [0.25, 0.3) is 0 Å². The van der Waals surface area contributed by atoms with E-state index < -0.39 is 0 Å². The van der Waals surface area contributed by atoms with Gasteiger partial charge in [-0.1, -0.05) is 45.0 Å². The Morgan fingerprint density at radius 1 is 1.28 bits per heavy atom. The smallest absolute Gasteiger partial charge is 0.00453 e. The van der Waals surface area contributed by atoms with Gasteiger partial charge in [-0.05, 0) is 37.0 Å². The molecule has 1 rings (SSSR count). The molecule has 0 radical (unpaired) electrons. The Balaban J connectivity index is 2.77. The van der Waals surface area contributed by atoms with Crippen molar-refractivity contribution in [1.82, 2.24) is 5.32 Å². The van der Waals surface area contributed by atoms with E-state index in [2.05, 4.69) is 70.8 Å². The van der Waals surface area contributed by atoms with Gasteiger partial charge in [0, 0.05) is 18.0 Å². The zero-order valence-electron chi connectivity index (χ0n) is 12.5. The highest BCUT2D eigenvalue weighted by Gasteiger charge is 2.21. The first-order valence-corrected chi connectivity index (χ1v) is 6.79. The van der Waals surface area contributed by atoms with Gasteiger partial charge in [0.25, 0.3) is 0 Å². The second-order valence-electron chi connectivity index (χ2n) is 5.99. The molecule has 100 valence electrons. The van der Waals surface area contributed by atoms with Crippen LogP contribution in [-0.4, -0.2) is 12.6 Å². The van der Waals surface area contributed by atoms with Crippen LogP contribution in [-0.2, 0) is 6.42 Å². The van der Waals surface area contributed by atoms with Gasteiger partial charge in [-0.15, -0.1) is 6.58 Å². The van der Waals surface area contributed by atoms with Crippen LogP contribution < -0.4 is 5.32 Å². The topological polar surface area (TPSA) is 12.0 Å². The summed E-state index contributed by atoms with van der Waals surface area (Å²) < 4.78 is 0. The zero-order valence-corrected chi connectivity index (χ0v) is 12.5. The monoisotopic (exact) mass is 245 g/mol. The van der Waals surface area contributed by atoms with E-state index in [4.69, 9.17) is 0 Å². The van der Waals surface area contributed by atoms with Crippen LogP contribution in [0.1, 0.15) is 37.5 Å². The second kappa shape index (κ2) is 6.19. The van der Waals surface area contributed by atoms with Gasteiger partial charge >= 0.3 is 0 Å². The molecule has 0 aliphatic carbocycles. The summed E-state index contributed by atoms with van der Waals surface area (Å²) >= 11 is 0. The SMILES string of the molecule is C=CC(C)(CNC(C)C)Cc1ccc(C)c(C)c1. The first-order chi connectivity index (χ1) is 8.36. The van der Waals surface area contributed by atoms with Gasteiger partial charge in [-0.3, -0.25) is 0 Å². The maximum atomic E-state index is 4.01. The minimum Gasteiger partial charge on any atom is -0.314 e. The van der Waals surface area contributed by atoms with E-state index in [9.17, 15) is 0 Å². The fourth-order valence-electron chi connectivity index (χ4n) is 2.02. The fourth-order valence-corrected chi connectivity index (χ4v) is 2.02. The average molecular weight is 245 g/mol. The molecule has 1 N–H and O–H groups in total. The number of aryl methyl sites for hydroxylation is 2. The Labute approximate surface area is 112 Å². The molecule has 0 aromatic heterocycles. The summed E-state index contributed by atoms with van der Waals surface area (Å²) in [6.45, 7) is 15.9. The first kappa shape index (κ1) is 15.0. The summed E-state index contributed by atoms with van der Waals surface area (Å²) in [7, 11) is 0. The highest BCUT2D eigenvalue weighted by molar-refractivity contribution is 5.31. The molecule has 0 fully saturated rings. The zero-order chi connectivity index (χ0) is 13.8. The predicted molar refractivity (Wildman–Crippen MR) is 81.1 cm³/mol. The van der Waals surface area contributed by atoms with Gasteiger partial charge in [0.1, 0.15) is 0 Å². The van der Waals surface area contributed by atoms with Crippen LogP contribution in [0.15, 0.2) is 30.9 Å². The Kier molecular flexibility index (Phi) is 5.15. The van der Waals surface area contributed by atoms with E-state index in [0.29, 0.717) is 6.04 Å². The highest BCUT2D eigenvalue weighted by Crippen LogP contribution is 2.24. The largest absolute Gasteiger partial charge is 0.314 e. The van der Waals surface area contributed by atoms with Gasteiger partial charge in [0.05, 0.1) is 0 Å². The minimum absolute atomic E-state index is 0.117. The molecule has 0 saturated carbocycles. The molecule has 1 unspecified atom stereocenters. The van der Waals surface area contributed by atoms with Crippen LogP contribution in [0.5, 0.6) is 0 Å². The molecular weight excluding hydrogens is 218 g/mol. The third kappa shape index (κ3) is 4.30. The Bertz CT molecular complexity index is 406. The molecule has 0 spiro atoms. The van der Waals surface area contributed by atoms with Gasteiger partial charge in [-0.2, -0.15) is 0 Å². The van der Waals surface area contributed by atoms with E-state index >= 15 is 0 Å². The van der Waals surface area contributed by atoms with E-state index in [1.54, 1.807) is 0 Å². The van der Waals surface area contributed by atoms with Crippen LogP contribution >= 0.6 is 0 Å². The predicted octanol–water partition coefficient (Wildman–Crippen LogP) is 4.04. The molecule has 18 heavy (non-hydrogen) atoms. The van der Waals surface area contributed by atoms with Crippen molar-refractivity contribution in [2.75, 3.05) is 6.54 Å². The molecule has 0 amide bonds. The lowest BCUT2D eigenvalue weighted by Crippen LogP contribution is -2.35. The van der Waals surface area contributed by atoms with Crippen molar-refractivity contribution in [3.8, 4) is 0 Å². The summed E-state index contributed by atoms with van der Waals surface area (Å²) in [5.74, 6) is 0. The summed E-state index contributed by atoms with van der Waals surface area (Å²) in [4.78, 5) is 0. The molecule has 1 heteroatoms. The van der Waals surface area contributed by atoms with E-state index in [0.717, 1.165) is 13.0 Å². The van der Waals surface area contributed by atoms with Gasteiger partial charge in [-0.25, -0.2) is 0 Å².